The Morgan fingerprint density at radius 2 is 2.00 bits per heavy atom. The average molecular weight is 425 g/mol. The van der Waals surface area contributed by atoms with E-state index in [1.807, 2.05) is 0 Å². The third-order valence-electron chi connectivity index (χ3n) is 4.24. The maximum atomic E-state index is 13.2. The fraction of sp³-hybridized carbons (Fsp3) is 0.0526. The lowest BCUT2D eigenvalue weighted by Crippen LogP contribution is -2.30. The van der Waals surface area contributed by atoms with Crippen LogP contribution in [-0.2, 0) is 6.54 Å². The Balaban J connectivity index is 1.75. The molecule has 0 aliphatic carbocycles. The predicted molar refractivity (Wildman–Crippen MR) is 108 cm³/mol. The van der Waals surface area contributed by atoms with Crippen LogP contribution < -0.4 is 10.9 Å². The fourth-order valence-electron chi connectivity index (χ4n) is 2.86. The SMILES string of the molecule is O=C(Nc1ncc([N+](=O)[O-])s1)c1cc2cccnc2n(Cc2ccc(F)cc2)c1=O. The molecule has 3 heterocycles. The lowest BCUT2D eigenvalue weighted by Gasteiger charge is -2.12. The molecule has 0 aliphatic rings. The van der Waals surface area contributed by atoms with Gasteiger partial charge in [-0.3, -0.25) is 29.6 Å². The van der Waals surface area contributed by atoms with Gasteiger partial charge in [-0.1, -0.05) is 12.1 Å². The molecular formula is C19H12FN5O4S. The molecule has 0 atom stereocenters. The summed E-state index contributed by atoms with van der Waals surface area (Å²) >= 11 is 0.683. The van der Waals surface area contributed by atoms with E-state index in [-0.39, 0.29) is 22.2 Å². The summed E-state index contributed by atoms with van der Waals surface area (Å²) in [7, 11) is 0. The molecule has 4 rings (SSSR count). The molecule has 1 N–H and O–H groups in total. The van der Waals surface area contributed by atoms with E-state index in [1.165, 1.54) is 41.1 Å². The maximum Gasteiger partial charge on any atom is 0.345 e. The Labute approximate surface area is 171 Å². The Morgan fingerprint density at radius 1 is 1.23 bits per heavy atom. The van der Waals surface area contributed by atoms with Crippen LogP contribution in [0.3, 0.4) is 0 Å². The van der Waals surface area contributed by atoms with E-state index in [9.17, 15) is 24.1 Å². The number of nitrogens with zero attached hydrogens (tertiary/aromatic N) is 4. The first kappa shape index (κ1) is 19.3. The van der Waals surface area contributed by atoms with Crippen LogP contribution in [0, 0.1) is 15.9 Å². The number of hydrogen-bond donors (Lipinski definition) is 1. The van der Waals surface area contributed by atoms with Gasteiger partial charge in [0.15, 0.2) is 5.13 Å². The number of nitro groups is 1. The van der Waals surface area contributed by atoms with Crippen molar-refractivity contribution in [2.24, 2.45) is 0 Å². The monoisotopic (exact) mass is 425 g/mol. The number of rotatable bonds is 5. The van der Waals surface area contributed by atoms with E-state index in [0.29, 0.717) is 27.9 Å². The molecule has 150 valence electrons. The predicted octanol–water partition coefficient (Wildman–Crippen LogP) is 3.20. The molecule has 0 spiro atoms. The van der Waals surface area contributed by atoms with Crippen molar-refractivity contribution in [2.75, 3.05) is 5.32 Å². The second kappa shape index (κ2) is 7.79. The molecule has 0 unspecified atom stereocenters. The number of amides is 1. The van der Waals surface area contributed by atoms with E-state index >= 15 is 0 Å². The second-order valence-corrected chi connectivity index (χ2v) is 7.22. The van der Waals surface area contributed by atoms with Gasteiger partial charge in [0.2, 0.25) is 0 Å². The zero-order valence-electron chi connectivity index (χ0n) is 15.1. The number of hydrogen-bond acceptors (Lipinski definition) is 7. The Hall–Kier alpha value is -3.99. The molecule has 11 heteroatoms. The third kappa shape index (κ3) is 3.78. The second-order valence-electron chi connectivity index (χ2n) is 6.21. The quantitative estimate of drug-likeness (QED) is 0.387. The molecule has 4 aromatic rings. The van der Waals surface area contributed by atoms with Gasteiger partial charge in [-0.15, -0.1) is 0 Å². The minimum absolute atomic E-state index is 0.00229. The van der Waals surface area contributed by atoms with Crippen molar-refractivity contribution < 1.29 is 14.1 Å². The highest BCUT2D eigenvalue weighted by atomic mass is 32.1. The summed E-state index contributed by atoms with van der Waals surface area (Å²) < 4.78 is 14.5. The number of aromatic nitrogens is 3. The Kier molecular flexibility index (Phi) is 5.02. The van der Waals surface area contributed by atoms with E-state index in [1.54, 1.807) is 12.1 Å². The summed E-state index contributed by atoms with van der Waals surface area (Å²) in [4.78, 5) is 44.0. The highest BCUT2D eigenvalue weighted by molar-refractivity contribution is 7.18. The lowest BCUT2D eigenvalue weighted by atomic mass is 10.1. The van der Waals surface area contributed by atoms with Gasteiger partial charge in [0.25, 0.3) is 11.5 Å². The summed E-state index contributed by atoms with van der Waals surface area (Å²) in [6, 6.07) is 10.4. The van der Waals surface area contributed by atoms with Crippen LogP contribution in [0.4, 0.5) is 14.5 Å². The number of anilines is 1. The van der Waals surface area contributed by atoms with Crippen molar-refractivity contribution in [1.82, 2.24) is 14.5 Å². The molecule has 0 saturated heterocycles. The summed E-state index contributed by atoms with van der Waals surface area (Å²) in [5, 5.41) is 13.5. The topological polar surface area (TPSA) is 120 Å². The normalized spacial score (nSPS) is 10.8. The molecule has 30 heavy (non-hydrogen) atoms. The van der Waals surface area contributed by atoms with Crippen molar-refractivity contribution in [3.63, 3.8) is 0 Å². The van der Waals surface area contributed by atoms with Gasteiger partial charge in [-0.2, -0.15) is 0 Å². The van der Waals surface area contributed by atoms with Gasteiger partial charge in [-0.25, -0.2) is 14.4 Å². The number of fused-ring (bicyclic) bond motifs is 1. The highest BCUT2D eigenvalue weighted by Gasteiger charge is 2.19. The Morgan fingerprint density at radius 3 is 2.70 bits per heavy atom. The first-order chi connectivity index (χ1) is 14.4. The zero-order valence-corrected chi connectivity index (χ0v) is 15.9. The number of halogens is 1. The number of benzene rings is 1. The van der Waals surface area contributed by atoms with Crippen LogP contribution in [0.2, 0.25) is 0 Å². The number of carbonyl (C=O) groups excluding carboxylic acids is 1. The largest absolute Gasteiger partial charge is 0.345 e. The maximum absolute atomic E-state index is 13.2. The van der Waals surface area contributed by atoms with Gasteiger partial charge in [0, 0.05) is 11.6 Å². The molecule has 1 amide bonds. The number of thiazole rings is 1. The standard InChI is InChI=1S/C19H12FN5O4S/c20-13-5-3-11(4-6-13)10-24-16-12(2-1-7-21-16)8-14(18(24)27)17(26)23-19-22-9-15(30-19)25(28)29/h1-9H,10H2,(H,22,23,26). The van der Waals surface area contributed by atoms with Crippen molar-refractivity contribution in [3.8, 4) is 0 Å². The van der Waals surface area contributed by atoms with Crippen molar-refractivity contribution in [3.05, 3.63) is 92.3 Å². The van der Waals surface area contributed by atoms with Crippen LogP contribution in [0.1, 0.15) is 15.9 Å². The number of pyridine rings is 2. The molecule has 0 fully saturated rings. The van der Waals surface area contributed by atoms with Crippen LogP contribution in [0.25, 0.3) is 11.0 Å². The van der Waals surface area contributed by atoms with E-state index in [4.69, 9.17) is 0 Å². The smallest absolute Gasteiger partial charge is 0.297 e. The summed E-state index contributed by atoms with van der Waals surface area (Å²) in [5.74, 6) is -1.15. The van der Waals surface area contributed by atoms with Crippen LogP contribution in [0.5, 0.6) is 0 Å². The van der Waals surface area contributed by atoms with Crippen LogP contribution in [-0.4, -0.2) is 25.4 Å². The van der Waals surface area contributed by atoms with Crippen LogP contribution >= 0.6 is 11.3 Å². The van der Waals surface area contributed by atoms with Crippen LogP contribution in [0.15, 0.2) is 59.7 Å². The summed E-state index contributed by atoms with van der Waals surface area (Å²) in [6.45, 7) is 0.0798. The van der Waals surface area contributed by atoms with Crippen molar-refractivity contribution in [1.29, 1.82) is 0 Å². The number of nitrogens with one attached hydrogen (secondary N) is 1. The third-order valence-corrected chi connectivity index (χ3v) is 5.10. The fourth-order valence-corrected chi connectivity index (χ4v) is 3.49. The first-order valence-corrected chi connectivity index (χ1v) is 9.38. The van der Waals surface area contributed by atoms with Gasteiger partial charge >= 0.3 is 5.00 Å². The van der Waals surface area contributed by atoms with Gasteiger partial charge < -0.3 is 0 Å². The molecule has 3 aromatic heterocycles. The van der Waals surface area contributed by atoms with Gasteiger partial charge in [0.1, 0.15) is 23.2 Å². The van der Waals surface area contributed by atoms with E-state index < -0.39 is 22.2 Å². The summed E-state index contributed by atoms with van der Waals surface area (Å²) in [5.41, 5.74) is 0.247. The van der Waals surface area contributed by atoms with E-state index in [2.05, 4.69) is 15.3 Å². The number of carbonyl (C=O) groups is 1. The molecule has 9 nitrogen and oxygen atoms in total. The Bertz CT molecular complexity index is 1330. The van der Waals surface area contributed by atoms with Crippen molar-refractivity contribution >= 4 is 38.4 Å². The summed E-state index contributed by atoms with van der Waals surface area (Å²) in [6.07, 6.45) is 2.55. The van der Waals surface area contributed by atoms with Crippen molar-refractivity contribution in [2.45, 2.75) is 6.54 Å². The zero-order chi connectivity index (χ0) is 21.3. The minimum Gasteiger partial charge on any atom is -0.297 e. The molecule has 0 bridgehead atoms. The van der Waals surface area contributed by atoms with Gasteiger partial charge in [0.05, 0.1) is 11.5 Å². The highest BCUT2D eigenvalue weighted by Crippen LogP contribution is 2.25. The molecule has 0 radical (unpaired) electrons. The molecule has 0 aliphatic heterocycles. The molecule has 1 aromatic carbocycles. The van der Waals surface area contributed by atoms with E-state index in [0.717, 1.165) is 6.20 Å². The lowest BCUT2D eigenvalue weighted by molar-refractivity contribution is -0.380. The minimum atomic E-state index is -0.747. The molecular weight excluding hydrogens is 413 g/mol. The van der Waals surface area contributed by atoms with Gasteiger partial charge in [-0.05, 0) is 47.2 Å². The first-order valence-electron chi connectivity index (χ1n) is 8.57. The molecule has 0 saturated carbocycles. The average Bonchev–Trinajstić information content (AvgIpc) is 3.20.